The number of hydrogen-bond donors (Lipinski definition) is 2. The summed E-state index contributed by atoms with van der Waals surface area (Å²) in [6.07, 6.45) is 3.61. The molecule has 1 aromatic carbocycles. The smallest absolute Gasteiger partial charge is 0.289 e. The third-order valence-electron chi connectivity index (χ3n) is 4.49. The number of nitrogens with two attached hydrogens (primary N) is 1. The van der Waals surface area contributed by atoms with Gasteiger partial charge in [0.1, 0.15) is 0 Å². The van der Waals surface area contributed by atoms with Crippen LogP contribution in [0.4, 0.5) is 10.5 Å². The standard InChI is InChI=1S/C17H21N3O3S/c18-13-3-1-2-12(8-13)16(22)19-14-6-4-11(5-7-14)9-20-15(21)10-24-17(20)23/h4-7,12-13H,1-3,8-10,18H2,(H,19,22). The van der Waals surface area contributed by atoms with E-state index in [0.717, 1.165) is 48.7 Å². The van der Waals surface area contributed by atoms with Gasteiger partial charge in [0.05, 0.1) is 12.3 Å². The first-order valence-corrected chi connectivity index (χ1v) is 9.14. The maximum atomic E-state index is 12.3. The molecule has 0 aromatic heterocycles. The summed E-state index contributed by atoms with van der Waals surface area (Å²) in [6, 6.07) is 7.37. The first-order valence-electron chi connectivity index (χ1n) is 8.15. The number of benzene rings is 1. The lowest BCUT2D eigenvalue weighted by Crippen LogP contribution is -2.34. The van der Waals surface area contributed by atoms with E-state index in [2.05, 4.69) is 5.32 Å². The van der Waals surface area contributed by atoms with Gasteiger partial charge in [0.25, 0.3) is 5.24 Å². The van der Waals surface area contributed by atoms with Gasteiger partial charge < -0.3 is 11.1 Å². The molecular formula is C17H21N3O3S. The van der Waals surface area contributed by atoms with Gasteiger partial charge in [-0.05, 0) is 37.0 Å². The molecule has 0 radical (unpaired) electrons. The largest absolute Gasteiger partial charge is 0.328 e. The second-order valence-corrected chi connectivity index (χ2v) is 7.27. The number of rotatable bonds is 4. The lowest BCUT2D eigenvalue weighted by atomic mass is 9.85. The van der Waals surface area contributed by atoms with Crippen LogP contribution in [0.1, 0.15) is 31.2 Å². The Balaban J connectivity index is 1.57. The third-order valence-corrected chi connectivity index (χ3v) is 5.35. The van der Waals surface area contributed by atoms with Gasteiger partial charge in [-0.25, -0.2) is 0 Å². The molecule has 1 saturated heterocycles. The van der Waals surface area contributed by atoms with Crippen LogP contribution in [-0.4, -0.2) is 33.7 Å². The van der Waals surface area contributed by atoms with E-state index in [0.29, 0.717) is 0 Å². The average Bonchev–Trinajstić information content (AvgIpc) is 2.88. The molecule has 128 valence electrons. The molecule has 0 spiro atoms. The Kier molecular flexibility index (Phi) is 5.20. The summed E-state index contributed by atoms with van der Waals surface area (Å²) < 4.78 is 0. The highest BCUT2D eigenvalue weighted by Gasteiger charge is 2.29. The first kappa shape index (κ1) is 17.0. The van der Waals surface area contributed by atoms with E-state index in [4.69, 9.17) is 5.73 Å². The molecule has 3 N–H and O–H groups in total. The highest BCUT2D eigenvalue weighted by Crippen LogP contribution is 2.25. The second kappa shape index (κ2) is 7.36. The van der Waals surface area contributed by atoms with E-state index in [9.17, 15) is 14.4 Å². The maximum Gasteiger partial charge on any atom is 0.289 e. The molecule has 2 atom stereocenters. The number of carbonyl (C=O) groups is 3. The summed E-state index contributed by atoms with van der Waals surface area (Å²) in [7, 11) is 0. The van der Waals surface area contributed by atoms with E-state index in [1.807, 2.05) is 12.1 Å². The van der Waals surface area contributed by atoms with Crippen LogP contribution in [-0.2, 0) is 16.1 Å². The summed E-state index contributed by atoms with van der Waals surface area (Å²) in [6.45, 7) is 0.274. The van der Waals surface area contributed by atoms with E-state index >= 15 is 0 Å². The van der Waals surface area contributed by atoms with Gasteiger partial charge in [-0.2, -0.15) is 0 Å². The molecule has 3 rings (SSSR count). The van der Waals surface area contributed by atoms with Crippen molar-refractivity contribution in [2.45, 2.75) is 38.3 Å². The molecule has 6 nitrogen and oxygen atoms in total. The minimum Gasteiger partial charge on any atom is -0.328 e. The Hall–Kier alpha value is -1.86. The van der Waals surface area contributed by atoms with Crippen LogP contribution in [0, 0.1) is 5.92 Å². The summed E-state index contributed by atoms with van der Waals surface area (Å²) in [5.74, 6) is 0.0526. The Morgan fingerprint density at radius 3 is 2.62 bits per heavy atom. The van der Waals surface area contributed by atoms with Gasteiger partial charge in [0.15, 0.2) is 0 Å². The topological polar surface area (TPSA) is 92.5 Å². The number of carbonyl (C=O) groups excluding carboxylic acids is 3. The fourth-order valence-electron chi connectivity index (χ4n) is 3.12. The second-order valence-electron chi connectivity index (χ2n) is 6.34. The molecule has 1 saturated carbocycles. The zero-order chi connectivity index (χ0) is 17.1. The number of imide groups is 1. The molecule has 24 heavy (non-hydrogen) atoms. The number of nitrogens with zero attached hydrogens (tertiary/aromatic N) is 1. The van der Waals surface area contributed by atoms with Gasteiger partial charge in [0, 0.05) is 17.6 Å². The van der Waals surface area contributed by atoms with Crippen LogP contribution in [0.15, 0.2) is 24.3 Å². The number of nitrogens with one attached hydrogen (secondary N) is 1. The van der Waals surface area contributed by atoms with Crippen LogP contribution >= 0.6 is 11.8 Å². The number of hydrogen-bond acceptors (Lipinski definition) is 5. The Morgan fingerprint density at radius 2 is 2.00 bits per heavy atom. The van der Waals surface area contributed by atoms with Crippen molar-refractivity contribution in [3.05, 3.63) is 29.8 Å². The van der Waals surface area contributed by atoms with E-state index in [1.54, 1.807) is 12.1 Å². The van der Waals surface area contributed by atoms with Crippen molar-refractivity contribution in [1.82, 2.24) is 4.90 Å². The minimum absolute atomic E-state index is 0.0131. The van der Waals surface area contributed by atoms with Crippen LogP contribution in [0.25, 0.3) is 0 Å². The van der Waals surface area contributed by atoms with E-state index in [1.165, 1.54) is 4.90 Å². The summed E-state index contributed by atoms with van der Waals surface area (Å²) in [5, 5.41) is 2.72. The molecular weight excluding hydrogens is 326 g/mol. The van der Waals surface area contributed by atoms with E-state index < -0.39 is 0 Å². The predicted octanol–water partition coefficient (Wildman–Crippen LogP) is 2.34. The lowest BCUT2D eigenvalue weighted by molar-refractivity contribution is -0.125. The average molecular weight is 347 g/mol. The molecule has 3 amide bonds. The van der Waals surface area contributed by atoms with Crippen LogP contribution < -0.4 is 11.1 Å². The lowest BCUT2D eigenvalue weighted by Gasteiger charge is -2.25. The summed E-state index contributed by atoms with van der Waals surface area (Å²) >= 11 is 1.03. The van der Waals surface area contributed by atoms with Crippen molar-refractivity contribution in [3.63, 3.8) is 0 Å². The van der Waals surface area contributed by atoms with E-state index in [-0.39, 0.29) is 41.3 Å². The summed E-state index contributed by atoms with van der Waals surface area (Å²) in [5.41, 5.74) is 7.51. The quantitative estimate of drug-likeness (QED) is 0.872. The minimum atomic E-state index is -0.203. The van der Waals surface area contributed by atoms with Crippen LogP contribution in [0.2, 0.25) is 0 Å². The number of anilines is 1. The molecule has 0 bridgehead atoms. The van der Waals surface area contributed by atoms with Crippen molar-refractivity contribution < 1.29 is 14.4 Å². The zero-order valence-corrected chi connectivity index (χ0v) is 14.2. The van der Waals surface area contributed by atoms with Crippen molar-refractivity contribution in [2.75, 3.05) is 11.1 Å². The summed E-state index contributed by atoms with van der Waals surface area (Å²) in [4.78, 5) is 36.8. The Labute approximate surface area is 145 Å². The fraction of sp³-hybridized carbons (Fsp3) is 0.471. The van der Waals surface area contributed by atoms with Gasteiger partial charge in [0.2, 0.25) is 11.8 Å². The van der Waals surface area contributed by atoms with Gasteiger partial charge in [-0.1, -0.05) is 30.3 Å². The third kappa shape index (κ3) is 3.96. The van der Waals surface area contributed by atoms with Gasteiger partial charge >= 0.3 is 0 Å². The predicted molar refractivity (Wildman–Crippen MR) is 93.4 cm³/mol. The highest BCUT2D eigenvalue weighted by atomic mass is 32.2. The highest BCUT2D eigenvalue weighted by molar-refractivity contribution is 8.14. The van der Waals surface area contributed by atoms with Gasteiger partial charge in [-0.15, -0.1) is 0 Å². The first-order chi connectivity index (χ1) is 11.5. The van der Waals surface area contributed by atoms with Crippen molar-refractivity contribution in [1.29, 1.82) is 0 Å². The number of amides is 3. The monoisotopic (exact) mass is 347 g/mol. The molecule has 7 heteroatoms. The SMILES string of the molecule is NC1CCCC(C(=O)Nc2ccc(CN3C(=O)CSC3=O)cc2)C1. The Morgan fingerprint density at radius 1 is 1.25 bits per heavy atom. The van der Waals surface area contributed by atoms with Crippen molar-refractivity contribution in [2.24, 2.45) is 11.7 Å². The molecule has 1 heterocycles. The van der Waals surface area contributed by atoms with Crippen LogP contribution in [0.3, 0.4) is 0 Å². The molecule has 1 aliphatic carbocycles. The zero-order valence-electron chi connectivity index (χ0n) is 13.4. The normalized spacial score (nSPS) is 24.3. The van der Waals surface area contributed by atoms with Crippen molar-refractivity contribution in [3.8, 4) is 0 Å². The maximum absolute atomic E-state index is 12.3. The van der Waals surface area contributed by atoms with Gasteiger partial charge in [-0.3, -0.25) is 19.3 Å². The Bertz CT molecular complexity index is 631. The molecule has 1 aromatic rings. The molecule has 2 aliphatic rings. The molecule has 1 aliphatic heterocycles. The molecule has 2 fully saturated rings. The fourth-order valence-corrected chi connectivity index (χ4v) is 3.84. The van der Waals surface area contributed by atoms with Crippen molar-refractivity contribution >= 4 is 34.5 Å². The molecule has 2 unspecified atom stereocenters. The van der Waals surface area contributed by atoms with Crippen LogP contribution in [0.5, 0.6) is 0 Å². The number of thioether (sulfide) groups is 1.